The number of piperidine rings is 1. The fraction of sp³-hybridized carbons (Fsp3) is 0.463. The lowest BCUT2D eigenvalue weighted by atomic mass is 9.91. The van der Waals surface area contributed by atoms with Gasteiger partial charge in [-0.3, -0.25) is 19.2 Å². The van der Waals surface area contributed by atoms with E-state index >= 15 is 0 Å². The highest BCUT2D eigenvalue weighted by Crippen LogP contribution is 2.26. The summed E-state index contributed by atoms with van der Waals surface area (Å²) in [4.78, 5) is 57.1. The summed E-state index contributed by atoms with van der Waals surface area (Å²) in [6, 6.07) is 22.7. The quantitative estimate of drug-likeness (QED) is 0.0962. The van der Waals surface area contributed by atoms with Gasteiger partial charge in [-0.1, -0.05) is 84.4 Å². The van der Waals surface area contributed by atoms with Crippen LogP contribution in [0.4, 0.5) is 0 Å². The summed E-state index contributed by atoms with van der Waals surface area (Å²) >= 11 is 6.06. The van der Waals surface area contributed by atoms with E-state index < -0.39 is 47.9 Å². The lowest BCUT2D eigenvalue weighted by Crippen LogP contribution is -2.55. The molecule has 0 saturated carbocycles. The van der Waals surface area contributed by atoms with Crippen molar-refractivity contribution in [2.45, 2.75) is 88.2 Å². The molecule has 53 heavy (non-hydrogen) atoms. The van der Waals surface area contributed by atoms with E-state index in [0.29, 0.717) is 36.7 Å². The molecule has 284 valence electrons. The summed E-state index contributed by atoms with van der Waals surface area (Å²) in [6.45, 7) is 2.75. The third-order valence-electron chi connectivity index (χ3n) is 10.3. The Morgan fingerprint density at radius 2 is 1.51 bits per heavy atom. The van der Waals surface area contributed by atoms with Gasteiger partial charge in [0, 0.05) is 18.0 Å². The first-order valence-electron chi connectivity index (χ1n) is 18.8. The number of hydrogen-bond donors (Lipinski definition) is 5. The lowest BCUT2D eigenvalue weighted by molar-refractivity contribution is -0.143. The van der Waals surface area contributed by atoms with Crippen LogP contribution in [0.5, 0.6) is 0 Å². The molecule has 4 atom stereocenters. The molecule has 11 nitrogen and oxygen atoms in total. The Bertz CT molecular complexity index is 1580. The smallest absolute Gasteiger partial charge is 0.290 e. The molecule has 2 heterocycles. The van der Waals surface area contributed by atoms with Crippen molar-refractivity contribution in [3.05, 3.63) is 107 Å². The van der Waals surface area contributed by atoms with Crippen molar-refractivity contribution >= 4 is 35.1 Å². The second-order valence-corrected chi connectivity index (χ2v) is 14.6. The number of likely N-dealkylation sites (tertiary alicyclic amines) is 1. The maximum absolute atomic E-state index is 14.1. The minimum atomic E-state index is -1.12. The van der Waals surface area contributed by atoms with Crippen molar-refractivity contribution in [3.63, 3.8) is 0 Å². The molecule has 0 bridgehead atoms. The number of ketones is 1. The van der Waals surface area contributed by atoms with Gasteiger partial charge >= 0.3 is 0 Å². The molecule has 2 aliphatic rings. The van der Waals surface area contributed by atoms with Gasteiger partial charge in [0.15, 0.2) is 0 Å². The Hall–Kier alpha value is -4.13. The highest BCUT2D eigenvalue weighted by molar-refractivity contribution is 6.38. The number of Topliss-reactive ketones (excluding diaryl/α,β-unsaturated/α-hetero) is 1. The number of ether oxygens (including phenoxy) is 1. The topological polar surface area (TPSA) is 169 Å². The van der Waals surface area contributed by atoms with E-state index in [1.165, 1.54) is 4.90 Å². The number of nitrogens with one attached hydrogen (secondary N) is 3. The Morgan fingerprint density at radius 3 is 2.13 bits per heavy atom. The number of rotatable bonds is 18. The van der Waals surface area contributed by atoms with Crippen molar-refractivity contribution in [2.24, 2.45) is 17.4 Å². The Labute approximate surface area is 317 Å². The molecule has 0 unspecified atom stereocenters. The zero-order valence-electron chi connectivity index (χ0n) is 30.3. The molecular formula is C41H53ClN6O5. The maximum atomic E-state index is 14.1. The molecule has 3 amide bonds. The highest BCUT2D eigenvalue weighted by atomic mass is 35.5. The predicted octanol–water partition coefficient (Wildman–Crippen LogP) is 4.02. The number of carbonyl (C=O) groups excluding carboxylic acids is 4. The molecule has 0 radical (unpaired) electrons. The van der Waals surface area contributed by atoms with Gasteiger partial charge in [-0.25, -0.2) is 0 Å². The number of amides is 3. The van der Waals surface area contributed by atoms with Crippen LogP contribution in [0.2, 0.25) is 5.02 Å². The van der Waals surface area contributed by atoms with E-state index in [2.05, 4.69) is 16.0 Å². The molecule has 2 saturated heterocycles. The average molecular weight is 745 g/mol. The van der Waals surface area contributed by atoms with Crippen LogP contribution in [-0.2, 0) is 30.5 Å². The minimum Gasteiger partial charge on any atom is -0.372 e. The predicted molar refractivity (Wildman–Crippen MR) is 206 cm³/mol. The normalized spacial score (nSPS) is 18.8. The van der Waals surface area contributed by atoms with Crippen LogP contribution in [0.25, 0.3) is 0 Å². The third kappa shape index (κ3) is 11.7. The Kier molecular flexibility index (Phi) is 15.4. The SMILES string of the molecule is NCCCC[C@H](NC(=O)[C@@H]1C[C@@H](OCc2ccc(Cl)cc2)CN1C(=O)[C@H](N)CCC1CCNCC1)C(=O)C(=O)NC(c1ccccc1)c1ccccc1. The van der Waals surface area contributed by atoms with Crippen molar-refractivity contribution in [1.82, 2.24) is 20.9 Å². The molecule has 5 rings (SSSR count). The van der Waals surface area contributed by atoms with Gasteiger partial charge in [-0.2, -0.15) is 0 Å². The highest BCUT2D eigenvalue weighted by Gasteiger charge is 2.43. The van der Waals surface area contributed by atoms with Crippen LogP contribution in [-0.4, -0.2) is 78.8 Å². The average Bonchev–Trinajstić information content (AvgIpc) is 3.63. The van der Waals surface area contributed by atoms with Crippen LogP contribution < -0.4 is 27.4 Å². The summed E-state index contributed by atoms with van der Waals surface area (Å²) in [5.41, 5.74) is 14.8. The Morgan fingerprint density at radius 1 is 0.868 bits per heavy atom. The fourth-order valence-electron chi connectivity index (χ4n) is 7.17. The molecule has 3 aromatic carbocycles. The molecule has 0 aromatic heterocycles. The van der Waals surface area contributed by atoms with E-state index in [1.54, 1.807) is 12.1 Å². The van der Waals surface area contributed by atoms with E-state index in [0.717, 1.165) is 49.0 Å². The van der Waals surface area contributed by atoms with Gasteiger partial charge in [0.25, 0.3) is 5.91 Å². The van der Waals surface area contributed by atoms with Crippen LogP contribution in [0.3, 0.4) is 0 Å². The third-order valence-corrected chi connectivity index (χ3v) is 10.5. The molecule has 3 aromatic rings. The number of nitrogens with zero attached hydrogens (tertiary/aromatic N) is 1. The Balaban J connectivity index is 1.31. The van der Waals surface area contributed by atoms with Gasteiger partial charge in [-0.15, -0.1) is 0 Å². The van der Waals surface area contributed by atoms with E-state index in [-0.39, 0.29) is 31.9 Å². The summed E-state index contributed by atoms with van der Waals surface area (Å²) in [5.74, 6) is -1.93. The number of halogens is 1. The summed E-state index contributed by atoms with van der Waals surface area (Å²) < 4.78 is 6.21. The second kappa shape index (κ2) is 20.4. The molecule has 2 fully saturated rings. The van der Waals surface area contributed by atoms with Crippen molar-refractivity contribution in [3.8, 4) is 0 Å². The lowest BCUT2D eigenvalue weighted by Gasteiger charge is -2.29. The van der Waals surface area contributed by atoms with E-state index in [4.69, 9.17) is 27.8 Å². The van der Waals surface area contributed by atoms with Gasteiger partial charge in [0.05, 0.1) is 30.8 Å². The summed E-state index contributed by atoms with van der Waals surface area (Å²) in [5, 5.41) is 9.74. The number of hydrogen-bond acceptors (Lipinski definition) is 8. The largest absolute Gasteiger partial charge is 0.372 e. The van der Waals surface area contributed by atoms with Gasteiger partial charge in [0.2, 0.25) is 17.6 Å². The molecule has 0 spiro atoms. The van der Waals surface area contributed by atoms with Gasteiger partial charge in [-0.05, 0) is 99.3 Å². The number of nitrogens with two attached hydrogens (primary N) is 2. The molecule has 7 N–H and O–H groups in total. The van der Waals surface area contributed by atoms with Crippen LogP contribution in [0.1, 0.15) is 74.1 Å². The number of carbonyl (C=O) groups is 4. The maximum Gasteiger partial charge on any atom is 0.290 e. The number of benzene rings is 3. The zero-order valence-corrected chi connectivity index (χ0v) is 31.0. The van der Waals surface area contributed by atoms with Crippen molar-refractivity contribution < 1.29 is 23.9 Å². The van der Waals surface area contributed by atoms with Crippen molar-refractivity contribution in [1.29, 1.82) is 0 Å². The van der Waals surface area contributed by atoms with Crippen LogP contribution >= 0.6 is 11.6 Å². The first kappa shape index (κ1) is 40.1. The molecule has 2 aliphatic heterocycles. The fourth-order valence-corrected chi connectivity index (χ4v) is 7.29. The molecule has 0 aliphatic carbocycles. The van der Waals surface area contributed by atoms with E-state index in [1.807, 2.05) is 72.8 Å². The van der Waals surface area contributed by atoms with Gasteiger partial charge in [0.1, 0.15) is 6.04 Å². The standard InChI is InChI=1S/C41H53ClN6O5/c42-32-17-14-29(15-18-32)27-53-33-25-36(48(26-33)41(52)34(44)19-16-28-20-23-45-24-21-28)39(50)46-35(13-7-8-22-43)38(49)40(51)47-37(30-9-3-1-4-10-30)31-11-5-2-6-12-31/h1-6,9-12,14-15,17-18,28,33-37,45H,7-8,13,16,19-27,43-44H2,(H,46,50)(H,47,51)/t33-,34-,35+,36+/m1/s1. The summed E-state index contributed by atoms with van der Waals surface area (Å²) in [6.07, 6.45) is 4.53. The summed E-state index contributed by atoms with van der Waals surface area (Å²) in [7, 11) is 0. The minimum absolute atomic E-state index is 0.174. The second-order valence-electron chi connectivity index (χ2n) is 14.1. The zero-order chi connectivity index (χ0) is 37.6. The first-order chi connectivity index (χ1) is 25.7. The number of unbranched alkanes of at least 4 members (excludes halogenated alkanes) is 1. The molecule has 12 heteroatoms. The monoisotopic (exact) mass is 744 g/mol. The van der Waals surface area contributed by atoms with E-state index in [9.17, 15) is 19.2 Å². The molecular weight excluding hydrogens is 692 g/mol. The van der Waals surface area contributed by atoms with Crippen LogP contribution in [0.15, 0.2) is 84.9 Å². The first-order valence-corrected chi connectivity index (χ1v) is 19.2. The van der Waals surface area contributed by atoms with Crippen molar-refractivity contribution in [2.75, 3.05) is 26.2 Å². The van der Waals surface area contributed by atoms with Crippen LogP contribution in [0, 0.1) is 5.92 Å². The van der Waals surface area contributed by atoms with Gasteiger partial charge < -0.3 is 37.1 Å².